The average molecular weight is 631 g/mol. The van der Waals surface area contributed by atoms with E-state index in [0.717, 1.165) is 38.5 Å². The average Bonchev–Trinajstić information content (AvgIpc) is 2.97. The number of carboxylic acid groups (broad SMARTS) is 1. The molecule has 0 aliphatic carbocycles. The predicted molar refractivity (Wildman–Crippen MR) is 180 cm³/mol. The van der Waals surface area contributed by atoms with Crippen LogP contribution in [0.1, 0.15) is 85.5 Å². The van der Waals surface area contributed by atoms with Gasteiger partial charge in [0.05, 0.1) is 12.4 Å². The highest BCUT2D eigenvalue weighted by Gasteiger charge is 2.34. The van der Waals surface area contributed by atoms with Gasteiger partial charge in [-0.05, 0) is 51.9 Å². The van der Waals surface area contributed by atoms with Gasteiger partial charge >= 0.3 is 5.97 Å². The molecule has 0 rings (SSSR count). The van der Waals surface area contributed by atoms with E-state index in [2.05, 4.69) is 71.9 Å². The number of hydrogen-bond acceptors (Lipinski definition) is 7. The van der Waals surface area contributed by atoms with Crippen LogP contribution in [0.5, 0.6) is 0 Å². The number of amidine groups is 1. The van der Waals surface area contributed by atoms with E-state index in [0.29, 0.717) is 12.3 Å². The molecule has 0 radical (unpaired) electrons. The van der Waals surface area contributed by atoms with Gasteiger partial charge in [0.1, 0.15) is 6.10 Å². The number of ether oxygens (including phenoxy) is 1. The molecule has 0 fully saturated rings. The second-order valence-corrected chi connectivity index (χ2v) is 11.0. The molecule has 0 heterocycles. The molecule has 254 valence electrons. The second-order valence-electron chi connectivity index (χ2n) is 11.0. The first-order valence-electron chi connectivity index (χ1n) is 15.4. The van der Waals surface area contributed by atoms with Gasteiger partial charge < -0.3 is 35.7 Å². The summed E-state index contributed by atoms with van der Waals surface area (Å²) >= 11 is 0. The number of aliphatic carboxylic acids is 1. The molecule has 0 aromatic rings. The van der Waals surface area contributed by atoms with E-state index < -0.39 is 23.4 Å². The van der Waals surface area contributed by atoms with Crippen molar-refractivity contribution in [3.05, 3.63) is 60.8 Å². The maximum atomic E-state index is 12.0. The SMILES string of the molecule is CC(N)=NC(=N)N(C)C.CC/C=C\C/C=C\C/C=C\C/C=C\C/C=C\CCCC(=O)OCC(C)(C)[C@@H](O)C(=O)NCCC(=O)[O-]. The number of nitrogens with zero attached hydrogens (tertiary/aromatic N) is 2. The largest absolute Gasteiger partial charge is 0.550 e. The minimum atomic E-state index is -1.44. The van der Waals surface area contributed by atoms with Crippen LogP contribution < -0.4 is 16.2 Å². The van der Waals surface area contributed by atoms with Crippen LogP contribution in [0.4, 0.5) is 0 Å². The highest BCUT2D eigenvalue weighted by atomic mass is 16.5. The number of guanidine groups is 1. The van der Waals surface area contributed by atoms with Crippen molar-refractivity contribution in [1.29, 1.82) is 5.41 Å². The van der Waals surface area contributed by atoms with E-state index in [4.69, 9.17) is 15.9 Å². The van der Waals surface area contributed by atoms with Gasteiger partial charge in [0.25, 0.3) is 0 Å². The minimum absolute atomic E-state index is 0.122. The Morgan fingerprint density at radius 3 is 1.87 bits per heavy atom. The van der Waals surface area contributed by atoms with Crippen LogP contribution in [0.15, 0.2) is 65.8 Å². The molecule has 0 unspecified atom stereocenters. The molecule has 11 heteroatoms. The predicted octanol–water partition coefficient (Wildman–Crippen LogP) is 3.95. The fraction of sp³-hybridized carbons (Fsp3) is 0.559. The summed E-state index contributed by atoms with van der Waals surface area (Å²) in [5.41, 5.74) is 4.20. The Hall–Kier alpha value is -3.99. The number of aliphatic hydroxyl groups excluding tert-OH is 1. The lowest BCUT2D eigenvalue weighted by molar-refractivity contribution is -0.305. The number of rotatable bonds is 20. The Bertz CT molecular complexity index is 1040. The van der Waals surface area contributed by atoms with Gasteiger partial charge in [-0.2, -0.15) is 0 Å². The Morgan fingerprint density at radius 1 is 0.956 bits per heavy atom. The number of esters is 1. The van der Waals surface area contributed by atoms with E-state index in [9.17, 15) is 24.6 Å². The molecule has 5 N–H and O–H groups in total. The number of nitrogens with one attached hydrogen (secondary N) is 2. The number of aliphatic hydroxyl groups is 1. The van der Waals surface area contributed by atoms with Crippen molar-refractivity contribution in [2.45, 2.75) is 91.6 Å². The Labute approximate surface area is 270 Å². The third kappa shape index (κ3) is 28.5. The van der Waals surface area contributed by atoms with Crippen molar-refractivity contribution >= 4 is 29.6 Å². The molecular weight excluding hydrogens is 574 g/mol. The maximum absolute atomic E-state index is 12.0. The molecule has 0 bridgehead atoms. The quantitative estimate of drug-likeness (QED) is 0.0513. The van der Waals surface area contributed by atoms with Crippen molar-refractivity contribution in [2.24, 2.45) is 16.1 Å². The van der Waals surface area contributed by atoms with Crippen molar-refractivity contribution in [1.82, 2.24) is 10.2 Å². The molecule has 11 nitrogen and oxygen atoms in total. The molecule has 0 aliphatic heterocycles. The third-order valence-corrected chi connectivity index (χ3v) is 5.84. The van der Waals surface area contributed by atoms with E-state index in [1.807, 2.05) is 6.08 Å². The van der Waals surface area contributed by atoms with Crippen molar-refractivity contribution in [3.8, 4) is 0 Å². The lowest BCUT2D eigenvalue weighted by atomic mass is 9.87. The first-order chi connectivity index (χ1) is 21.2. The van der Waals surface area contributed by atoms with Gasteiger partial charge in [-0.25, -0.2) is 4.99 Å². The Morgan fingerprint density at radius 2 is 1.44 bits per heavy atom. The number of carbonyl (C=O) groups excluding carboxylic acids is 3. The number of amides is 1. The summed E-state index contributed by atoms with van der Waals surface area (Å²) < 4.78 is 5.22. The fourth-order valence-corrected chi connectivity index (χ4v) is 3.16. The molecule has 1 amide bonds. The summed E-state index contributed by atoms with van der Waals surface area (Å²) in [5.74, 6) is -1.80. The summed E-state index contributed by atoms with van der Waals surface area (Å²) in [5, 5.41) is 30.0. The molecule has 0 saturated heterocycles. The van der Waals surface area contributed by atoms with E-state index in [1.54, 1.807) is 39.8 Å². The number of nitrogens with two attached hydrogens (primary N) is 1. The third-order valence-electron chi connectivity index (χ3n) is 5.84. The van der Waals surface area contributed by atoms with Gasteiger partial charge in [-0.3, -0.25) is 15.0 Å². The maximum Gasteiger partial charge on any atom is 0.305 e. The minimum Gasteiger partial charge on any atom is -0.550 e. The highest BCUT2D eigenvalue weighted by Crippen LogP contribution is 2.22. The normalized spacial score (nSPS) is 13.0. The van der Waals surface area contributed by atoms with Crippen LogP contribution in [-0.2, 0) is 19.1 Å². The number of hydrogen-bond donors (Lipinski definition) is 4. The zero-order valence-electron chi connectivity index (χ0n) is 28.1. The van der Waals surface area contributed by atoms with Crippen molar-refractivity contribution < 1.29 is 29.3 Å². The number of allylic oxidation sites excluding steroid dienone is 10. The molecule has 0 spiro atoms. The monoisotopic (exact) mass is 630 g/mol. The number of carbonyl (C=O) groups is 3. The van der Waals surface area contributed by atoms with Gasteiger partial charge in [-0.15, -0.1) is 0 Å². The number of carboxylic acids is 1. The van der Waals surface area contributed by atoms with E-state index in [-0.39, 0.29) is 37.9 Å². The van der Waals surface area contributed by atoms with Gasteiger partial charge in [-0.1, -0.05) is 81.5 Å². The lowest BCUT2D eigenvalue weighted by Gasteiger charge is -2.29. The first kappa shape index (κ1) is 43.1. The van der Waals surface area contributed by atoms with Crippen molar-refractivity contribution in [3.63, 3.8) is 0 Å². The van der Waals surface area contributed by atoms with Crippen LogP contribution in [0.3, 0.4) is 0 Å². The summed E-state index contributed by atoms with van der Waals surface area (Å²) in [6.07, 6.45) is 26.0. The van der Waals surface area contributed by atoms with Crippen molar-refractivity contribution in [2.75, 3.05) is 27.2 Å². The smallest absolute Gasteiger partial charge is 0.305 e. The van der Waals surface area contributed by atoms with Crippen LogP contribution >= 0.6 is 0 Å². The van der Waals surface area contributed by atoms with Gasteiger partial charge in [0, 0.05) is 44.9 Å². The van der Waals surface area contributed by atoms with Crippen LogP contribution in [-0.4, -0.2) is 73.0 Å². The Balaban J connectivity index is 0. The Kier molecular flexibility index (Phi) is 26.4. The number of unbranched alkanes of at least 4 members (excludes halogenated alkanes) is 1. The summed E-state index contributed by atoms with van der Waals surface area (Å²) in [6, 6.07) is 0. The standard InChI is InChI=1S/C29H45NO6.C5H12N4/c1-4-5-6-7-8-9-10-11-12-13-14-15-16-17-18-19-20-21-26(33)36-24-29(2,3)27(34)28(35)30-23-22-25(31)32;1-4(6)8-5(7)9(2)3/h5-6,8-9,11-12,14-15,17-18,27,34H,4,7,10,13,16,19-24H2,1-3H3,(H,30,35)(H,31,32);1-3H3,(H3,6,7,8)/p-1/b6-5-,9-8-,12-11-,15-14-,18-17-;/t27-;/m0./s1. The van der Waals surface area contributed by atoms with Gasteiger partial charge in [0.15, 0.2) is 0 Å². The molecular formula is C34H56N5O6-. The molecule has 0 aliphatic rings. The fourth-order valence-electron chi connectivity index (χ4n) is 3.16. The second kappa shape index (κ2) is 27.6. The summed E-state index contributed by atoms with van der Waals surface area (Å²) in [4.78, 5) is 39.5. The molecule has 0 saturated carbocycles. The summed E-state index contributed by atoms with van der Waals surface area (Å²) in [6.45, 7) is 6.72. The first-order valence-corrected chi connectivity index (χ1v) is 15.4. The van der Waals surface area contributed by atoms with E-state index >= 15 is 0 Å². The highest BCUT2D eigenvalue weighted by molar-refractivity contribution is 5.92. The number of aliphatic imine (C=N–C) groups is 1. The molecule has 1 atom stereocenters. The molecule has 0 aromatic carbocycles. The lowest BCUT2D eigenvalue weighted by Crippen LogP contribution is -2.47. The topological polar surface area (TPSA) is 181 Å². The zero-order valence-corrected chi connectivity index (χ0v) is 28.1. The summed E-state index contributed by atoms with van der Waals surface area (Å²) in [7, 11) is 3.49. The molecule has 45 heavy (non-hydrogen) atoms. The van der Waals surface area contributed by atoms with E-state index in [1.165, 1.54) is 0 Å². The van der Waals surface area contributed by atoms with Gasteiger partial charge in [0.2, 0.25) is 11.9 Å². The molecule has 0 aromatic heterocycles. The van der Waals surface area contributed by atoms with Crippen LogP contribution in [0, 0.1) is 10.8 Å². The zero-order chi connectivity index (χ0) is 34.5. The van der Waals surface area contributed by atoms with Crippen LogP contribution in [0.25, 0.3) is 0 Å². The van der Waals surface area contributed by atoms with Crippen LogP contribution in [0.2, 0.25) is 0 Å².